The van der Waals surface area contributed by atoms with Gasteiger partial charge in [0.15, 0.2) is 0 Å². The van der Waals surface area contributed by atoms with Crippen molar-refractivity contribution in [2.24, 2.45) is 0 Å². The minimum Gasteiger partial charge on any atom is -0.477 e. The van der Waals surface area contributed by atoms with Crippen molar-refractivity contribution in [3.63, 3.8) is 0 Å². The first-order valence-electron chi connectivity index (χ1n) is 9.74. The van der Waals surface area contributed by atoms with Gasteiger partial charge in [0.1, 0.15) is 33.9 Å². The summed E-state index contributed by atoms with van der Waals surface area (Å²) in [5.74, 6) is -2.32. The fourth-order valence-corrected chi connectivity index (χ4v) is 7.16. The van der Waals surface area contributed by atoms with Crippen molar-refractivity contribution in [3.8, 4) is 0 Å². The van der Waals surface area contributed by atoms with Crippen molar-refractivity contribution in [1.29, 1.82) is 0 Å². The smallest absolute Gasteiger partial charge is 0.352 e. The molecule has 0 spiro atoms. The van der Waals surface area contributed by atoms with E-state index in [-0.39, 0.29) is 40.1 Å². The highest BCUT2D eigenvalue weighted by Gasteiger charge is 2.66. The SMILES string of the molecule is COCn1nnnc1SCC1=C(C(=O)O)N2C(=O)[C@](NC(=O)C(=S=O)c3cccs3)(OC)[C@H]2SC1. The number of carbonyl (C=O) groups excluding carboxylic acids is 2. The summed E-state index contributed by atoms with van der Waals surface area (Å²) >= 11 is 3.67. The van der Waals surface area contributed by atoms with Crippen LogP contribution in [0.25, 0.3) is 0 Å². The molecule has 2 aliphatic heterocycles. The topological polar surface area (TPSA) is 166 Å². The third-order valence-electron chi connectivity index (χ3n) is 5.09. The molecule has 2 aromatic heterocycles. The Morgan fingerprint density at radius 1 is 1.40 bits per heavy atom. The second-order valence-corrected chi connectivity index (χ2v) is 10.6. The Kier molecular flexibility index (Phi) is 7.72. The van der Waals surface area contributed by atoms with E-state index in [9.17, 15) is 23.7 Å². The number of β-lactam (4-membered cyclic amide) rings is 1. The van der Waals surface area contributed by atoms with Crippen LogP contribution in [0.2, 0.25) is 0 Å². The number of aliphatic carboxylic acids is 1. The predicted octanol–water partition coefficient (Wildman–Crippen LogP) is -0.423. The third-order valence-corrected chi connectivity index (χ3v) is 9.10. The van der Waals surface area contributed by atoms with E-state index < -0.39 is 28.9 Å². The van der Waals surface area contributed by atoms with Crippen LogP contribution in [0.4, 0.5) is 0 Å². The fraction of sp³-hybridized carbons (Fsp3) is 0.389. The number of tetrazole rings is 1. The Morgan fingerprint density at radius 3 is 2.83 bits per heavy atom. The predicted molar refractivity (Wildman–Crippen MR) is 128 cm³/mol. The number of aromatic nitrogens is 4. The van der Waals surface area contributed by atoms with Crippen LogP contribution < -0.4 is 5.32 Å². The van der Waals surface area contributed by atoms with Gasteiger partial charge in [0.05, 0.1) is 4.88 Å². The van der Waals surface area contributed by atoms with Gasteiger partial charge in [-0.25, -0.2) is 9.00 Å². The van der Waals surface area contributed by atoms with E-state index >= 15 is 0 Å². The van der Waals surface area contributed by atoms with Gasteiger partial charge in [0, 0.05) is 25.7 Å². The van der Waals surface area contributed by atoms with Crippen molar-refractivity contribution in [2.75, 3.05) is 25.7 Å². The molecule has 186 valence electrons. The maximum Gasteiger partial charge on any atom is 0.352 e. The molecule has 1 saturated heterocycles. The Labute approximate surface area is 214 Å². The molecule has 17 heteroatoms. The monoisotopic (exact) mass is 558 g/mol. The van der Waals surface area contributed by atoms with Crippen LogP contribution in [0.1, 0.15) is 4.88 Å². The molecule has 0 saturated carbocycles. The Hall–Kier alpha value is -2.57. The zero-order valence-corrected chi connectivity index (χ0v) is 21.5. The van der Waals surface area contributed by atoms with Gasteiger partial charge in [-0.15, -0.1) is 28.2 Å². The number of nitrogens with one attached hydrogen (secondary N) is 1. The lowest BCUT2D eigenvalue weighted by Gasteiger charge is -2.55. The van der Waals surface area contributed by atoms with Crippen molar-refractivity contribution in [3.05, 3.63) is 33.7 Å². The standard InChI is InChI=1S/C18H18N6O7S4/c1-30-8-23-17(20-21-22-23)34-7-9-6-33-16-18(31-2,15(28)24(16)11(9)14(26)27)19-13(25)12(35-29)10-4-3-5-32-10/h3-5,16H,6-8H2,1-2H3,(H,19,25)(H,26,27)/t16-,18+/m1/s1. The van der Waals surface area contributed by atoms with Crippen molar-refractivity contribution in [1.82, 2.24) is 30.4 Å². The lowest BCUT2D eigenvalue weighted by Crippen LogP contribution is -2.81. The minimum absolute atomic E-state index is 0.0123. The summed E-state index contributed by atoms with van der Waals surface area (Å²) in [6, 6.07) is 3.31. The molecule has 0 aliphatic carbocycles. The summed E-state index contributed by atoms with van der Waals surface area (Å²) in [4.78, 5) is 39.7. The second kappa shape index (κ2) is 10.6. The Balaban J connectivity index is 1.56. The quantitative estimate of drug-likeness (QED) is 0.127. The van der Waals surface area contributed by atoms with Gasteiger partial charge in [0.2, 0.25) is 5.16 Å². The van der Waals surface area contributed by atoms with Crippen molar-refractivity contribution in [2.45, 2.75) is 23.0 Å². The number of thioether (sulfide) groups is 2. The molecule has 35 heavy (non-hydrogen) atoms. The summed E-state index contributed by atoms with van der Waals surface area (Å²) in [5.41, 5.74) is -1.50. The van der Waals surface area contributed by atoms with E-state index in [1.54, 1.807) is 17.5 Å². The summed E-state index contributed by atoms with van der Waals surface area (Å²) < 4.78 is 23.5. The molecule has 2 atom stereocenters. The highest BCUT2D eigenvalue weighted by atomic mass is 32.2. The lowest BCUT2D eigenvalue weighted by atomic mass is 9.98. The van der Waals surface area contributed by atoms with Crippen LogP contribution in [0, 0.1) is 0 Å². The molecule has 1 fully saturated rings. The zero-order valence-electron chi connectivity index (χ0n) is 18.2. The molecule has 4 rings (SSSR count). The van der Waals surface area contributed by atoms with Gasteiger partial charge in [0.25, 0.3) is 17.5 Å². The number of nitrogens with zero attached hydrogens (tertiary/aromatic N) is 5. The Bertz CT molecular complexity index is 1240. The van der Waals surface area contributed by atoms with Crippen molar-refractivity contribution >= 4 is 68.8 Å². The summed E-state index contributed by atoms with van der Waals surface area (Å²) in [6.07, 6.45) is 0. The molecule has 2 N–H and O–H groups in total. The van der Waals surface area contributed by atoms with Crippen LogP contribution in [0.3, 0.4) is 0 Å². The number of ether oxygens (including phenoxy) is 2. The van der Waals surface area contributed by atoms with E-state index in [2.05, 4.69) is 20.8 Å². The van der Waals surface area contributed by atoms with Gasteiger partial charge in [-0.2, -0.15) is 4.68 Å². The maximum atomic E-state index is 13.2. The number of hydrogen-bond acceptors (Lipinski definition) is 12. The molecule has 4 heterocycles. The molecule has 2 aliphatic rings. The number of carboxylic acid groups (broad SMARTS) is 1. The first-order valence-corrected chi connectivity index (χ1v) is 13.4. The Morgan fingerprint density at radius 2 is 2.20 bits per heavy atom. The van der Waals surface area contributed by atoms with Crippen LogP contribution in [-0.4, -0.2) is 93.9 Å². The van der Waals surface area contributed by atoms with Crippen LogP contribution in [0.5, 0.6) is 0 Å². The van der Waals surface area contributed by atoms with Crippen LogP contribution in [-0.2, 0) is 41.8 Å². The number of carbonyl (C=O) groups is 3. The number of fused-ring (bicyclic) bond motifs is 1. The van der Waals surface area contributed by atoms with E-state index in [4.69, 9.17) is 9.47 Å². The fourth-order valence-electron chi connectivity index (χ4n) is 3.53. The number of rotatable bonds is 10. The molecule has 13 nitrogen and oxygen atoms in total. The van der Waals surface area contributed by atoms with Gasteiger partial charge in [-0.3, -0.25) is 14.5 Å². The molecule has 0 radical (unpaired) electrons. The lowest BCUT2D eigenvalue weighted by molar-refractivity contribution is -0.191. The van der Waals surface area contributed by atoms with Gasteiger partial charge >= 0.3 is 5.97 Å². The highest BCUT2D eigenvalue weighted by Crippen LogP contribution is 2.47. The number of methoxy groups -OCH3 is 2. The summed E-state index contributed by atoms with van der Waals surface area (Å²) in [5, 5.41) is 25.0. The molecule has 0 aromatic carbocycles. The minimum atomic E-state index is -1.80. The summed E-state index contributed by atoms with van der Waals surface area (Å²) in [7, 11) is 2.74. The highest BCUT2D eigenvalue weighted by molar-refractivity contribution is 8.01. The van der Waals surface area contributed by atoms with Gasteiger partial charge < -0.3 is 19.9 Å². The number of amides is 2. The first-order chi connectivity index (χ1) is 16.9. The number of thiophene rings is 1. The molecule has 0 bridgehead atoms. The molecular weight excluding hydrogens is 541 g/mol. The maximum absolute atomic E-state index is 13.2. The second-order valence-electron chi connectivity index (χ2n) is 7.05. The van der Waals surface area contributed by atoms with Crippen LogP contribution in [0.15, 0.2) is 33.9 Å². The molecular formula is C18H18N6O7S4. The van der Waals surface area contributed by atoms with Crippen molar-refractivity contribution < 1.29 is 33.2 Å². The third kappa shape index (κ3) is 4.54. The molecule has 2 aromatic rings. The average molecular weight is 559 g/mol. The number of hydrogen-bond donors (Lipinski definition) is 2. The van der Waals surface area contributed by atoms with E-state index in [0.717, 1.165) is 4.90 Å². The van der Waals surface area contributed by atoms with E-state index in [0.29, 0.717) is 15.6 Å². The average Bonchev–Trinajstić information content (AvgIpc) is 3.53. The first kappa shape index (κ1) is 25.5. The number of carboxylic acids is 1. The van der Waals surface area contributed by atoms with Crippen LogP contribution >= 0.6 is 34.9 Å². The molecule has 2 amide bonds. The molecule has 0 unspecified atom stereocenters. The van der Waals surface area contributed by atoms with Gasteiger partial charge in [-0.05, 0) is 27.4 Å². The van der Waals surface area contributed by atoms with Gasteiger partial charge in [-0.1, -0.05) is 17.8 Å². The van der Waals surface area contributed by atoms with E-state index in [1.807, 2.05) is 0 Å². The largest absolute Gasteiger partial charge is 0.477 e. The summed E-state index contributed by atoms with van der Waals surface area (Å²) in [6.45, 7) is 0.129. The zero-order chi connectivity index (χ0) is 25.2. The normalized spacial score (nSPS) is 21.4. The van der Waals surface area contributed by atoms with E-state index in [1.165, 1.54) is 53.8 Å².